The molecule has 5 aromatic rings. The van der Waals surface area contributed by atoms with Crippen LogP contribution in [0.3, 0.4) is 0 Å². The summed E-state index contributed by atoms with van der Waals surface area (Å²) in [4.78, 5) is 0. The van der Waals surface area contributed by atoms with E-state index in [1.165, 1.54) is 24.3 Å². The highest BCUT2D eigenvalue weighted by molar-refractivity contribution is 6.28. The maximum Gasteiger partial charge on any atom is 0.200 e. The highest BCUT2D eigenvalue weighted by Gasteiger charge is 2.33. The van der Waals surface area contributed by atoms with E-state index in [0.717, 1.165) is 0 Å². The van der Waals surface area contributed by atoms with Gasteiger partial charge in [0.05, 0.1) is 5.56 Å². The molecule has 5 rings (SSSR count). The molecule has 0 aromatic heterocycles. The van der Waals surface area contributed by atoms with Crippen molar-refractivity contribution in [1.29, 1.82) is 0 Å². The lowest BCUT2D eigenvalue weighted by molar-refractivity contribution is 0.380. The molecule has 32 heavy (non-hydrogen) atoms. The minimum Gasteiger partial charge on any atom is -0.203 e. The lowest BCUT2D eigenvalue weighted by Gasteiger charge is -2.17. The zero-order valence-corrected chi connectivity index (χ0v) is 15.6. The van der Waals surface area contributed by atoms with Crippen molar-refractivity contribution < 1.29 is 35.1 Å². The molecule has 0 aliphatic carbocycles. The SMILES string of the molecule is Fc1c(F)c(F)c(-c2c(F)c(F)c(F)c3c4ccccc4c4ccccc4c23)c(F)c1F. The summed E-state index contributed by atoms with van der Waals surface area (Å²) in [5.74, 6) is -17.6. The van der Waals surface area contributed by atoms with Crippen LogP contribution < -0.4 is 0 Å². The Morgan fingerprint density at radius 2 is 0.656 bits per heavy atom. The maximum absolute atomic E-state index is 15.0. The topological polar surface area (TPSA) is 0 Å². The molecule has 0 atom stereocenters. The van der Waals surface area contributed by atoms with Gasteiger partial charge in [-0.2, -0.15) is 0 Å². The molecule has 0 amide bonds. The molecule has 160 valence electrons. The van der Waals surface area contributed by atoms with Crippen molar-refractivity contribution in [3.63, 3.8) is 0 Å². The number of benzene rings is 5. The molecular weight excluding hydrogens is 440 g/mol. The van der Waals surface area contributed by atoms with Crippen molar-refractivity contribution in [3.8, 4) is 11.1 Å². The van der Waals surface area contributed by atoms with E-state index in [2.05, 4.69) is 0 Å². The quantitative estimate of drug-likeness (QED) is 0.106. The van der Waals surface area contributed by atoms with Gasteiger partial charge in [0.1, 0.15) is 0 Å². The Labute approximate surface area is 174 Å². The second-order valence-corrected chi connectivity index (χ2v) is 7.10. The summed E-state index contributed by atoms with van der Waals surface area (Å²) in [5.41, 5.74) is -2.93. The third-order valence-electron chi connectivity index (χ3n) is 5.47. The van der Waals surface area contributed by atoms with Crippen LogP contribution in [0.5, 0.6) is 0 Å². The van der Waals surface area contributed by atoms with Crippen LogP contribution in [0.25, 0.3) is 43.4 Å². The van der Waals surface area contributed by atoms with E-state index in [9.17, 15) is 26.3 Å². The Hall–Kier alpha value is -3.68. The minimum absolute atomic E-state index is 0.0398. The molecule has 0 saturated heterocycles. The number of hydrogen-bond donors (Lipinski definition) is 0. The Morgan fingerprint density at radius 1 is 0.312 bits per heavy atom. The molecule has 0 bridgehead atoms. The van der Waals surface area contributed by atoms with E-state index in [4.69, 9.17) is 0 Å². The van der Waals surface area contributed by atoms with Crippen molar-refractivity contribution in [2.75, 3.05) is 0 Å². The second-order valence-electron chi connectivity index (χ2n) is 7.10. The van der Waals surface area contributed by atoms with Crippen LogP contribution >= 0.6 is 0 Å². The van der Waals surface area contributed by atoms with Crippen LogP contribution in [-0.4, -0.2) is 0 Å². The fourth-order valence-corrected chi connectivity index (χ4v) is 4.11. The van der Waals surface area contributed by atoms with E-state index in [0.29, 0.717) is 10.8 Å². The Balaban J connectivity index is 2.18. The molecule has 0 aliphatic heterocycles. The highest BCUT2D eigenvalue weighted by atomic mass is 19.2. The number of halogens is 8. The van der Waals surface area contributed by atoms with Crippen LogP contribution in [0, 0.1) is 46.5 Å². The molecule has 0 aliphatic rings. The molecular formula is C24H8F8. The molecule has 0 heterocycles. The highest BCUT2D eigenvalue weighted by Crippen LogP contribution is 2.45. The Morgan fingerprint density at radius 3 is 1.16 bits per heavy atom. The van der Waals surface area contributed by atoms with Gasteiger partial charge >= 0.3 is 0 Å². The number of rotatable bonds is 1. The average Bonchev–Trinajstić information content (AvgIpc) is 2.81. The Bertz CT molecular complexity index is 1580. The first-order valence-corrected chi connectivity index (χ1v) is 9.17. The van der Waals surface area contributed by atoms with Crippen molar-refractivity contribution in [3.05, 3.63) is 95.1 Å². The van der Waals surface area contributed by atoms with E-state index < -0.39 is 68.4 Å². The number of hydrogen-bond acceptors (Lipinski definition) is 0. The van der Waals surface area contributed by atoms with Crippen LogP contribution in [0.2, 0.25) is 0 Å². The largest absolute Gasteiger partial charge is 0.203 e. The molecule has 0 fully saturated rings. The summed E-state index contributed by atoms with van der Waals surface area (Å²) in [6.45, 7) is 0. The summed E-state index contributed by atoms with van der Waals surface area (Å²) < 4.78 is 115. The third-order valence-corrected chi connectivity index (χ3v) is 5.47. The summed E-state index contributed by atoms with van der Waals surface area (Å²) in [7, 11) is 0. The smallest absolute Gasteiger partial charge is 0.200 e. The van der Waals surface area contributed by atoms with Gasteiger partial charge in [-0.3, -0.25) is 0 Å². The van der Waals surface area contributed by atoms with E-state index in [-0.39, 0.29) is 10.8 Å². The van der Waals surface area contributed by atoms with Crippen LogP contribution in [-0.2, 0) is 0 Å². The molecule has 0 spiro atoms. The van der Waals surface area contributed by atoms with Gasteiger partial charge in [-0.05, 0) is 21.5 Å². The minimum atomic E-state index is -2.45. The first kappa shape index (κ1) is 20.2. The van der Waals surface area contributed by atoms with Gasteiger partial charge in [-0.1, -0.05) is 48.5 Å². The zero-order valence-electron chi connectivity index (χ0n) is 15.6. The predicted molar refractivity (Wildman–Crippen MR) is 104 cm³/mol. The standard InChI is InChI=1S/C24H8F8/c25-17-14-12-8-4-2-6-10(12)9-5-1-3-7-11(9)13(14)15(18(26)21(17)29)16-19(27)22(30)24(32)23(31)20(16)28/h1-8H. The molecule has 0 saturated carbocycles. The van der Waals surface area contributed by atoms with Crippen LogP contribution in [0.15, 0.2) is 48.5 Å². The maximum atomic E-state index is 15.0. The molecule has 0 radical (unpaired) electrons. The number of fused-ring (bicyclic) bond motifs is 6. The molecule has 0 nitrogen and oxygen atoms in total. The fourth-order valence-electron chi connectivity index (χ4n) is 4.11. The fraction of sp³-hybridized carbons (Fsp3) is 0. The first-order chi connectivity index (χ1) is 15.3. The van der Waals surface area contributed by atoms with E-state index in [1.54, 1.807) is 24.3 Å². The first-order valence-electron chi connectivity index (χ1n) is 9.17. The van der Waals surface area contributed by atoms with Gasteiger partial charge in [0.2, 0.25) is 5.82 Å². The summed E-state index contributed by atoms with van der Waals surface area (Å²) in [5, 5.41) is -0.147. The molecule has 8 heteroatoms. The van der Waals surface area contributed by atoms with Crippen molar-refractivity contribution in [2.24, 2.45) is 0 Å². The van der Waals surface area contributed by atoms with Crippen LogP contribution in [0.4, 0.5) is 35.1 Å². The van der Waals surface area contributed by atoms with Gasteiger partial charge in [0.25, 0.3) is 0 Å². The summed E-state index contributed by atoms with van der Waals surface area (Å²) >= 11 is 0. The zero-order chi connectivity index (χ0) is 22.9. The normalized spacial score (nSPS) is 11.8. The van der Waals surface area contributed by atoms with E-state index >= 15 is 8.78 Å². The summed E-state index contributed by atoms with van der Waals surface area (Å²) in [6.07, 6.45) is 0. The summed E-state index contributed by atoms with van der Waals surface area (Å²) in [6, 6.07) is 12.0. The molecule has 0 unspecified atom stereocenters. The van der Waals surface area contributed by atoms with Crippen molar-refractivity contribution >= 4 is 32.3 Å². The predicted octanol–water partition coefficient (Wildman–Crippen LogP) is 7.93. The second kappa shape index (κ2) is 6.91. The molecule has 5 aromatic carbocycles. The van der Waals surface area contributed by atoms with Gasteiger partial charge in [-0.25, -0.2) is 35.1 Å². The third kappa shape index (κ3) is 2.49. The van der Waals surface area contributed by atoms with Crippen LogP contribution in [0.1, 0.15) is 0 Å². The lowest BCUT2D eigenvalue weighted by Crippen LogP contribution is -2.07. The monoisotopic (exact) mass is 448 g/mol. The average molecular weight is 448 g/mol. The molecule has 0 N–H and O–H groups in total. The van der Waals surface area contributed by atoms with Gasteiger partial charge in [0, 0.05) is 16.3 Å². The van der Waals surface area contributed by atoms with Gasteiger partial charge in [0.15, 0.2) is 40.7 Å². The van der Waals surface area contributed by atoms with Gasteiger partial charge < -0.3 is 0 Å². The van der Waals surface area contributed by atoms with E-state index in [1.807, 2.05) is 0 Å². The van der Waals surface area contributed by atoms with Crippen molar-refractivity contribution in [1.82, 2.24) is 0 Å². The van der Waals surface area contributed by atoms with Crippen molar-refractivity contribution in [2.45, 2.75) is 0 Å². The Kier molecular flexibility index (Phi) is 4.37. The van der Waals surface area contributed by atoms with Gasteiger partial charge in [-0.15, -0.1) is 0 Å². The lowest BCUT2D eigenvalue weighted by atomic mass is 9.88.